The van der Waals surface area contributed by atoms with Gasteiger partial charge in [-0.15, -0.1) is 0 Å². The molecule has 0 spiro atoms. The van der Waals surface area contributed by atoms with E-state index in [1.54, 1.807) is 13.8 Å². The number of aromatic nitrogens is 1. The monoisotopic (exact) mass is 196 g/mol. The van der Waals surface area contributed by atoms with E-state index in [9.17, 15) is 9.59 Å². The molecular weight excluding hydrogens is 184 g/mol. The zero-order valence-corrected chi connectivity index (χ0v) is 8.30. The first-order chi connectivity index (χ1) is 6.49. The highest BCUT2D eigenvalue weighted by atomic mass is 16.5. The molecule has 0 atom stereocenters. The van der Waals surface area contributed by atoms with Crippen LogP contribution in [0.15, 0.2) is 4.79 Å². The third-order valence-corrected chi connectivity index (χ3v) is 1.97. The van der Waals surface area contributed by atoms with E-state index in [0.717, 1.165) is 0 Å². The van der Waals surface area contributed by atoms with Crippen molar-refractivity contribution in [2.24, 2.45) is 5.73 Å². The first kappa shape index (κ1) is 10.3. The number of hydrogen-bond acceptors (Lipinski definition) is 3. The summed E-state index contributed by atoms with van der Waals surface area (Å²) in [6, 6.07) is 0. The Morgan fingerprint density at radius 3 is 2.36 bits per heavy atom. The number of pyridine rings is 1. The number of primary amides is 1. The third-order valence-electron chi connectivity index (χ3n) is 1.97. The number of nitrogens with two attached hydrogens (primary N) is 1. The van der Waals surface area contributed by atoms with Gasteiger partial charge in [-0.1, -0.05) is 0 Å². The first-order valence-electron chi connectivity index (χ1n) is 4.06. The van der Waals surface area contributed by atoms with Gasteiger partial charge in [0.2, 0.25) is 5.43 Å². The van der Waals surface area contributed by atoms with E-state index in [-0.39, 0.29) is 11.3 Å². The summed E-state index contributed by atoms with van der Waals surface area (Å²) in [5.41, 5.74) is 5.60. The van der Waals surface area contributed by atoms with Gasteiger partial charge < -0.3 is 15.5 Å². The molecule has 1 amide bonds. The molecule has 0 bridgehead atoms. The number of hydrogen-bond donors (Lipinski definition) is 2. The number of amides is 1. The third kappa shape index (κ3) is 1.48. The van der Waals surface area contributed by atoms with E-state index >= 15 is 0 Å². The summed E-state index contributed by atoms with van der Waals surface area (Å²) in [4.78, 5) is 25.5. The smallest absolute Gasteiger partial charge is 0.254 e. The zero-order chi connectivity index (χ0) is 10.9. The maximum atomic E-state index is 11.6. The van der Waals surface area contributed by atoms with Gasteiger partial charge in [0, 0.05) is 5.69 Å². The van der Waals surface area contributed by atoms with Crippen LogP contribution in [-0.2, 0) is 0 Å². The second-order valence-electron chi connectivity index (χ2n) is 2.98. The van der Waals surface area contributed by atoms with Crippen molar-refractivity contribution in [2.75, 3.05) is 7.11 Å². The maximum Gasteiger partial charge on any atom is 0.254 e. The lowest BCUT2D eigenvalue weighted by molar-refractivity contribution is 0.0998. The first-order valence-corrected chi connectivity index (χ1v) is 4.06. The Morgan fingerprint density at radius 1 is 1.36 bits per heavy atom. The fraction of sp³-hybridized carbons (Fsp3) is 0.333. The van der Waals surface area contributed by atoms with Gasteiger partial charge in [0.15, 0.2) is 5.75 Å². The van der Waals surface area contributed by atoms with E-state index in [1.165, 1.54) is 7.11 Å². The minimum absolute atomic E-state index is 0.0487. The largest absolute Gasteiger partial charge is 0.491 e. The van der Waals surface area contributed by atoms with Crippen molar-refractivity contribution < 1.29 is 9.53 Å². The van der Waals surface area contributed by atoms with Crippen LogP contribution in [0, 0.1) is 13.8 Å². The molecule has 1 rings (SSSR count). The minimum Gasteiger partial charge on any atom is -0.491 e. The van der Waals surface area contributed by atoms with Crippen molar-refractivity contribution >= 4 is 5.91 Å². The molecule has 0 fully saturated rings. The highest BCUT2D eigenvalue weighted by Crippen LogP contribution is 2.11. The normalized spacial score (nSPS) is 9.93. The molecule has 1 heterocycles. The summed E-state index contributed by atoms with van der Waals surface area (Å²) in [6.45, 7) is 3.31. The average Bonchev–Trinajstić information content (AvgIpc) is 2.02. The SMILES string of the molecule is COc1c(C)[nH]c(C)c(C(N)=O)c1=O. The number of nitrogens with one attached hydrogen (secondary N) is 1. The Hall–Kier alpha value is -1.78. The van der Waals surface area contributed by atoms with Crippen molar-refractivity contribution in [3.8, 4) is 5.75 Å². The average molecular weight is 196 g/mol. The van der Waals surface area contributed by atoms with Crippen LogP contribution in [0.25, 0.3) is 0 Å². The van der Waals surface area contributed by atoms with E-state index in [1.807, 2.05) is 0 Å². The molecule has 1 aromatic rings. The highest BCUT2D eigenvalue weighted by Gasteiger charge is 2.16. The van der Waals surface area contributed by atoms with Gasteiger partial charge in [-0.3, -0.25) is 9.59 Å². The summed E-state index contributed by atoms with van der Waals surface area (Å²) in [5.74, 6) is -0.619. The number of carbonyl (C=O) groups is 1. The van der Waals surface area contributed by atoms with E-state index in [2.05, 4.69) is 4.98 Å². The van der Waals surface area contributed by atoms with Crippen molar-refractivity contribution in [3.63, 3.8) is 0 Å². The molecule has 0 saturated carbocycles. The fourth-order valence-electron chi connectivity index (χ4n) is 1.40. The molecule has 0 saturated heterocycles. The molecule has 76 valence electrons. The molecule has 0 aliphatic rings. The molecule has 0 aliphatic carbocycles. The van der Waals surface area contributed by atoms with Crippen LogP contribution in [0.3, 0.4) is 0 Å². The molecule has 1 aromatic heterocycles. The second kappa shape index (κ2) is 3.53. The van der Waals surface area contributed by atoms with Crippen LogP contribution in [0.4, 0.5) is 0 Å². The van der Waals surface area contributed by atoms with Crippen molar-refractivity contribution in [1.82, 2.24) is 4.98 Å². The van der Waals surface area contributed by atoms with Crippen LogP contribution in [0.1, 0.15) is 21.7 Å². The van der Waals surface area contributed by atoms with Gasteiger partial charge in [0.05, 0.1) is 12.8 Å². The van der Waals surface area contributed by atoms with E-state index in [0.29, 0.717) is 11.4 Å². The highest BCUT2D eigenvalue weighted by molar-refractivity contribution is 5.94. The van der Waals surface area contributed by atoms with E-state index < -0.39 is 11.3 Å². The predicted molar refractivity (Wildman–Crippen MR) is 51.6 cm³/mol. The standard InChI is InChI=1S/C9H12N2O3/c1-4-6(9(10)13)7(12)8(14-3)5(2)11-4/h1-3H3,(H2,10,13)(H,11,12). The molecule has 0 radical (unpaired) electrons. The maximum absolute atomic E-state index is 11.6. The van der Waals surface area contributed by atoms with Crippen molar-refractivity contribution in [1.29, 1.82) is 0 Å². The molecule has 5 heteroatoms. The number of aryl methyl sites for hydroxylation is 2. The van der Waals surface area contributed by atoms with Gasteiger partial charge in [0.1, 0.15) is 5.56 Å². The molecule has 14 heavy (non-hydrogen) atoms. The Kier molecular flexibility index (Phi) is 2.60. The number of rotatable bonds is 2. The molecular formula is C9H12N2O3. The second-order valence-corrected chi connectivity index (χ2v) is 2.98. The lowest BCUT2D eigenvalue weighted by Gasteiger charge is -2.07. The number of aromatic amines is 1. The minimum atomic E-state index is -0.748. The van der Waals surface area contributed by atoms with Gasteiger partial charge in [0.25, 0.3) is 5.91 Å². The summed E-state index contributed by atoms with van der Waals surface area (Å²) < 4.78 is 4.87. The number of methoxy groups -OCH3 is 1. The van der Waals surface area contributed by atoms with Gasteiger partial charge in [-0.2, -0.15) is 0 Å². The quantitative estimate of drug-likeness (QED) is 0.703. The van der Waals surface area contributed by atoms with Crippen LogP contribution in [-0.4, -0.2) is 18.0 Å². The van der Waals surface area contributed by atoms with Gasteiger partial charge in [-0.05, 0) is 13.8 Å². The molecule has 0 aliphatic heterocycles. The topological polar surface area (TPSA) is 85.2 Å². The molecule has 0 unspecified atom stereocenters. The number of carbonyl (C=O) groups excluding carboxylic acids is 1. The van der Waals surface area contributed by atoms with Gasteiger partial charge >= 0.3 is 0 Å². The van der Waals surface area contributed by atoms with Crippen LogP contribution in [0.5, 0.6) is 5.75 Å². The van der Waals surface area contributed by atoms with E-state index in [4.69, 9.17) is 10.5 Å². The number of H-pyrrole nitrogens is 1. The fourth-order valence-corrected chi connectivity index (χ4v) is 1.40. The lowest BCUT2D eigenvalue weighted by Crippen LogP contribution is -2.25. The Labute approximate surface area is 80.9 Å². The number of ether oxygens (including phenoxy) is 1. The van der Waals surface area contributed by atoms with Crippen molar-refractivity contribution in [3.05, 3.63) is 27.2 Å². The van der Waals surface area contributed by atoms with Crippen LogP contribution in [0.2, 0.25) is 0 Å². The summed E-state index contributed by atoms with van der Waals surface area (Å²) in [5, 5.41) is 0. The van der Waals surface area contributed by atoms with Crippen LogP contribution < -0.4 is 15.9 Å². The molecule has 5 nitrogen and oxygen atoms in total. The molecule has 3 N–H and O–H groups in total. The van der Waals surface area contributed by atoms with Gasteiger partial charge in [-0.25, -0.2) is 0 Å². The van der Waals surface area contributed by atoms with Crippen LogP contribution >= 0.6 is 0 Å². The Morgan fingerprint density at radius 2 is 1.93 bits per heavy atom. The van der Waals surface area contributed by atoms with Crippen molar-refractivity contribution in [2.45, 2.75) is 13.8 Å². The summed E-state index contributed by atoms with van der Waals surface area (Å²) >= 11 is 0. The Balaban J connectivity index is 3.61. The zero-order valence-electron chi connectivity index (χ0n) is 8.30. The predicted octanol–water partition coefficient (Wildman–Crippen LogP) is 0.0992. The summed E-state index contributed by atoms with van der Waals surface area (Å²) in [7, 11) is 1.37. The lowest BCUT2D eigenvalue weighted by atomic mass is 10.1. The molecule has 0 aromatic carbocycles. The summed E-state index contributed by atoms with van der Waals surface area (Å²) in [6.07, 6.45) is 0. The Bertz CT molecular complexity index is 434.